The van der Waals surface area contributed by atoms with Gasteiger partial charge in [0.1, 0.15) is 33.6 Å². The van der Waals surface area contributed by atoms with Gasteiger partial charge in [0, 0.05) is 5.92 Å². The van der Waals surface area contributed by atoms with Crippen LogP contribution in [0.1, 0.15) is 506 Å². The van der Waals surface area contributed by atoms with Crippen LogP contribution in [0.4, 0.5) is 0 Å². The van der Waals surface area contributed by atoms with Crippen molar-refractivity contribution in [1.29, 1.82) is 0 Å². The Morgan fingerprint density at radius 1 is 0.330 bits per heavy atom. The Hall–Kier alpha value is -3.18. The Balaban J connectivity index is -0.0000000751. The number of fused-ring (bicyclic) bond motifs is 9. The molecule has 7 rings (SSSR count). The number of hydrogen-bond donors (Lipinski definition) is 0. The number of hydrogen-bond acceptors (Lipinski definition) is 12. The molecule has 690 valence electrons. The molecule has 0 amide bonds. The zero-order valence-electron chi connectivity index (χ0n) is 73.5. The van der Waals surface area contributed by atoms with E-state index in [1.54, 1.807) is 0 Å². The van der Waals surface area contributed by atoms with E-state index in [9.17, 15) is 28.8 Å². The van der Waals surface area contributed by atoms with Gasteiger partial charge in [0.2, 0.25) is 0 Å². The molecule has 0 aromatic heterocycles. The summed E-state index contributed by atoms with van der Waals surface area (Å²) in [5.74, 6) is 5.90. The second-order valence-electron chi connectivity index (χ2n) is 36.5. The third kappa shape index (κ3) is 45.1. The predicted molar refractivity (Wildman–Crippen MR) is 503 cm³/mol. The van der Waals surface area contributed by atoms with E-state index in [0.717, 1.165) is 100 Å². The van der Waals surface area contributed by atoms with Gasteiger partial charge in [-0.2, -0.15) is 0 Å². The molecular formula is C100H218O12. The van der Waals surface area contributed by atoms with Gasteiger partial charge in [-0.05, 0) is 329 Å². The lowest BCUT2D eigenvalue weighted by atomic mass is 9.66. The molecule has 112 heavy (non-hydrogen) atoms. The summed E-state index contributed by atoms with van der Waals surface area (Å²) in [6.45, 7) is 75.8. The lowest BCUT2D eigenvalue weighted by molar-refractivity contribution is -0.179. The molecule has 12 nitrogen and oxygen atoms in total. The lowest BCUT2D eigenvalue weighted by Gasteiger charge is -2.45. The highest BCUT2D eigenvalue weighted by molar-refractivity contribution is 5.78. The van der Waals surface area contributed by atoms with Gasteiger partial charge in [0.15, 0.2) is 0 Å². The van der Waals surface area contributed by atoms with Crippen LogP contribution in [-0.2, 0) is 57.2 Å². The average molecular weight is 1610 g/mol. The SMILES string of the molecule is C.C.C.C.C.C.C.C.C.C.C.C.CC.CC.CC.CC.CCC(C)(C)C(=O)OC(C)(C)C.CCC(C)(C)C(=O)OC(C)(C)C(C)C.CCC(C)(C)C(=O)OC(C)(C)C1CCCC1.CCC(C)(C)C(=O)OC1(C)CC2CC1C1C3CCC(C3)C21.CCC(C)(C)C(=O)OC1(C)CCCC1.CCC(C)(C)C(=O)OC1(C)CCCCC1. The molecule has 4 bridgehead atoms. The normalized spacial score (nSPS) is 20.8. The van der Waals surface area contributed by atoms with Crippen molar-refractivity contribution in [1.82, 2.24) is 0 Å². The molecule has 0 aromatic rings. The summed E-state index contributed by atoms with van der Waals surface area (Å²) >= 11 is 0. The molecule has 7 aliphatic carbocycles. The van der Waals surface area contributed by atoms with Crippen LogP contribution >= 0.6 is 0 Å². The average Bonchev–Trinajstić information content (AvgIpc) is 1.54. The Labute approximate surface area is 709 Å². The van der Waals surface area contributed by atoms with E-state index in [1.165, 1.54) is 83.5 Å². The summed E-state index contributed by atoms with van der Waals surface area (Å²) in [5, 5.41) is 0. The van der Waals surface area contributed by atoms with Crippen molar-refractivity contribution in [3.63, 3.8) is 0 Å². The van der Waals surface area contributed by atoms with Gasteiger partial charge >= 0.3 is 35.8 Å². The van der Waals surface area contributed by atoms with E-state index < -0.39 is 0 Å². The molecule has 7 aliphatic rings. The van der Waals surface area contributed by atoms with Crippen LogP contribution < -0.4 is 0 Å². The van der Waals surface area contributed by atoms with E-state index in [1.807, 2.05) is 208 Å². The predicted octanol–water partition coefficient (Wildman–Crippen LogP) is 33.3. The Morgan fingerprint density at radius 3 is 0.893 bits per heavy atom. The molecule has 0 saturated heterocycles. The number of ether oxygens (including phenoxy) is 6. The summed E-state index contributed by atoms with van der Waals surface area (Å²) < 4.78 is 34.0. The molecule has 7 saturated carbocycles. The van der Waals surface area contributed by atoms with Crippen molar-refractivity contribution in [2.45, 2.75) is 540 Å². The molecule has 0 aliphatic heterocycles. The molecule has 0 spiro atoms. The van der Waals surface area contributed by atoms with Crippen LogP contribution in [-0.4, -0.2) is 69.4 Å². The van der Waals surface area contributed by atoms with Gasteiger partial charge in [-0.25, -0.2) is 0 Å². The fourth-order valence-corrected chi connectivity index (χ4v) is 13.5. The van der Waals surface area contributed by atoms with E-state index in [0.29, 0.717) is 17.8 Å². The number of carbonyl (C=O) groups is 6. The number of carbonyl (C=O) groups excluding carboxylic acids is 6. The summed E-state index contributed by atoms with van der Waals surface area (Å²) in [4.78, 5) is 71.7. The van der Waals surface area contributed by atoms with Gasteiger partial charge in [-0.3, -0.25) is 28.8 Å². The number of rotatable bonds is 19. The molecule has 7 unspecified atom stereocenters. The third-order valence-corrected chi connectivity index (χ3v) is 24.1. The van der Waals surface area contributed by atoms with Gasteiger partial charge in [0.05, 0.1) is 32.5 Å². The standard InChI is InChI=1S/C19H30O2.C14H26O2.C13H24O2.C12H22O2.C12H24O2.C10H20O2.4C2H6.12CH4/c1-5-18(2,3)17(20)21-19(4)10-13-9-14(19)16-12-7-6-11(8-12)15(13)16;1-6-13(2,3)12(15)16-14(4,5)11-9-7-8-10-11;1-5-12(2,3)11(14)15-13(4)9-7-6-8-10-13;1-5-11(2,3)10(13)14-12(4)8-6-7-9-12;1-8-11(4,5)10(13)14-12(6,7)9(2)3;1-7-10(5,6)8(11)12-9(2,3)4;4*1-2;;;;;;;;;;;;/h11-16H,5-10H2,1-4H3;11H,6-10H2,1-5H3;5-10H2,1-4H3;5-9H2,1-4H3;9H,8H2,1-7H3;7H2,1-6H3;4*1-2H3;12*1H4. The molecule has 0 heterocycles. The zero-order valence-corrected chi connectivity index (χ0v) is 73.5. The minimum absolute atomic E-state index is 0. The van der Waals surface area contributed by atoms with Crippen LogP contribution in [0.5, 0.6) is 0 Å². The van der Waals surface area contributed by atoms with E-state index in [2.05, 4.69) is 55.4 Å². The van der Waals surface area contributed by atoms with Crippen LogP contribution in [0.3, 0.4) is 0 Å². The van der Waals surface area contributed by atoms with Crippen LogP contribution in [0, 0.1) is 79.8 Å². The molecule has 12 heteroatoms. The summed E-state index contributed by atoms with van der Waals surface area (Å²) in [5.41, 5.74) is -3.64. The highest BCUT2D eigenvalue weighted by Gasteiger charge is 2.67. The van der Waals surface area contributed by atoms with Crippen LogP contribution in [0.2, 0.25) is 0 Å². The number of esters is 6. The van der Waals surface area contributed by atoms with Crippen molar-refractivity contribution in [2.75, 3.05) is 0 Å². The first kappa shape index (κ1) is 144. The third-order valence-electron chi connectivity index (χ3n) is 24.1. The van der Waals surface area contributed by atoms with Gasteiger partial charge in [-0.1, -0.05) is 219 Å². The second kappa shape index (κ2) is 62.0. The molecule has 0 N–H and O–H groups in total. The minimum Gasteiger partial charge on any atom is -0.460 e. The van der Waals surface area contributed by atoms with Crippen molar-refractivity contribution >= 4 is 35.8 Å². The fraction of sp³-hybridized carbons (Fsp3) is 0.940. The second-order valence-corrected chi connectivity index (χ2v) is 36.5. The maximum absolute atomic E-state index is 12.6. The minimum atomic E-state index is -0.372. The molecule has 0 aromatic carbocycles. The topological polar surface area (TPSA) is 158 Å². The van der Waals surface area contributed by atoms with E-state index in [4.69, 9.17) is 28.4 Å². The van der Waals surface area contributed by atoms with E-state index in [-0.39, 0.29) is 191 Å². The highest BCUT2D eigenvalue weighted by atomic mass is 16.6. The first-order valence-electron chi connectivity index (χ1n) is 41.2. The summed E-state index contributed by atoms with van der Waals surface area (Å²) in [7, 11) is 0. The van der Waals surface area contributed by atoms with Gasteiger partial charge in [-0.15, -0.1) is 0 Å². The van der Waals surface area contributed by atoms with E-state index >= 15 is 0 Å². The lowest BCUT2D eigenvalue weighted by Crippen LogP contribution is -2.47. The first-order chi connectivity index (χ1) is 45.8. The monoisotopic (exact) mass is 1610 g/mol. The zero-order chi connectivity index (χ0) is 79.3. The highest BCUT2D eigenvalue weighted by Crippen LogP contribution is 2.70. The largest absolute Gasteiger partial charge is 0.460 e. The van der Waals surface area contributed by atoms with Crippen LogP contribution in [0.25, 0.3) is 0 Å². The van der Waals surface area contributed by atoms with Crippen molar-refractivity contribution < 1.29 is 57.2 Å². The maximum atomic E-state index is 12.6. The van der Waals surface area contributed by atoms with Crippen LogP contribution in [0.15, 0.2) is 0 Å². The Morgan fingerprint density at radius 2 is 0.598 bits per heavy atom. The summed E-state index contributed by atoms with van der Waals surface area (Å²) in [6, 6.07) is 0. The van der Waals surface area contributed by atoms with Gasteiger partial charge in [0.25, 0.3) is 0 Å². The van der Waals surface area contributed by atoms with Crippen molar-refractivity contribution in [3.05, 3.63) is 0 Å². The molecule has 7 atom stereocenters. The van der Waals surface area contributed by atoms with Crippen molar-refractivity contribution in [2.24, 2.45) is 79.8 Å². The Kier molecular flexibility index (Phi) is 79.6. The molecule has 7 fully saturated rings. The maximum Gasteiger partial charge on any atom is 0.312 e. The fourth-order valence-electron chi connectivity index (χ4n) is 13.5. The summed E-state index contributed by atoms with van der Waals surface area (Å²) in [6.07, 6.45) is 26.9. The first-order valence-corrected chi connectivity index (χ1v) is 41.2. The van der Waals surface area contributed by atoms with Gasteiger partial charge < -0.3 is 28.4 Å². The molecule has 0 radical (unpaired) electrons. The quantitative estimate of drug-likeness (QED) is 0.0686. The molecular weight excluding hydrogens is 1390 g/mol. The Bertz CT molecular complexity index is 2310. The van der Waals surface area contributed by atoms with Crippen molar-refractivity contribution in [3.8, 4) is 0 Å². The smallest absolute Gasteiger partial charge is 0.312 e.